The predicted molar refractivity (Wildman–Crippen MR) is 471 cm³/mol. The number of carbonyl (C=O) groups is 4. The molecule has 0 saturated carbocycles. The van der Waals surface area contributed by atoms with E-state index in [1.807, 2.05) is 57.5 Å². The van der Waals surface area contributed by atoms with Crippen molar-refractivity contribution in [2.75, 3.05) is 172 Å². The van der Waals surface area contributed by atoms with Crippen molar-refractivity contribution >= 4 is 123 Å². The second kappa shape index (κ2) is 49.6. The first-order chi connectivity index (χ1) is 59.1. The van der Waals surface area contributed by atoms with Gasteiger partial charge in [-0.1, -0.05) is 106 Å². The van der Waals surface area contributed by atoms with Crippen molar-refractivity contribution in [3.63, 3.8) is 0 Å². The van der Waals surface area contributed by atoms with Gasteiger partial charge in [0.05, 0.1) is 107 Å². The summed E-state index contributed by atoms with van der Waals surface area (Å²) in [7, 11) is -5.97. The molecule has 3 aliphatic rings. The normalized spacial score (nSPS) is 16.9. The van der Waals surface area contributed by atoms with Crippen LogP contribution in [0.4, 0.5) is 4.79 Å². The number of aliphatic hydroxyl groups excluding tert-OH is 5. The average molecular weight is 1910 g/mol. The number of aliphatic hydroxyl groups is 5. The third-order valence-electron chi connectivity index (χ3n) is 21.3. The van der Waals surface area contributed by atoms with E-state index in [2.05, 4.69) is 55.4 Å². The van der Waals surface area contributed by atoms with Gasteiger partial charge in [-0.2, -0.15) is 0 Å². The number of likely N-dealkylation sites (N-methyl/N-ethyl adjacent to an activating group) is 3. The molecule has 124 heavy (non-hydrogen) atoms. The van der Waals surface area contributed by atoms with Gasteiger partial charge in [0.1, 0.15) is 18.3 Å². The van der Waals surface area contributed by atoms with Gasteiger partial charge in [-0.15, -0.1) is 0 Å². The molecule has 3 heterocycles. The zero-order valence-electron chi connectivity index (χ0n) is 69.2. The maximum atomic E-state index is 13.9. The molecule has 3 aliphatic heterocycles. The Morgan fingerprint density at radius 3 is 1.00 bits per heavy atom. The van der Waals surface area contributed by atoms with Gasteiger partial charge in [0.15, 0.2) is 0 Å². The van der Waals surface area contributed by atoms with E-state index in [4.69, 9.17) is 98.0 Å². The Kier molecular flexibility index (Phi) is 40.7. The molecule has 32 nitrogen and oxygen atoms in total. The molecule has 41 heteroatoms. The number of amides is 5. The summed E-state index contributed by atoms with van der Waals surface area (Å²) in [5.41, 5.74) is 6.38. The van der Waals surface area contributed by atoms with Crippen molar-refractivity contribution in [3.05, 3.63) is 189 Å². The van der Waals surface area contributed by atoms with Crippen LogP contribution < -0.4 is 40.8 Å². The van der Waals surface area contributed by atoms with Crippen molar-refractivity contribution in [1.29, 1.82) is 0 Å². The number of nitrogens with zero attached hydrogens (tertiary/aromatic N) is 3. The molecule has 13 N–H and O–H groups in total. The third kappa shape index (κ3) is 31.1. The van der Waals surface area contributed by atoms with E-state index in [1.54, 1.807) is 54.6 Å². The molecule has 0 aliphatic carbocycles. The molecule has 6 aromatic rings. The lowest BCUT2D eigenvalue weighted by atomic mass is 9.83. The monoisotopic (exact) mass is 1900 g/mol. The number of hydrogen-bond donors (Lipinski definition) is 13. The first-order valence-corrected chi connectivity index (χ1v) is 47.3. The van der Waals surface area contributed by atoms with Gasteiger partial charge in [0, 0.05) is 158 Å². The molecule has 9 rings (SSSR count). The highest BCUT2D eigenvalue weighted by Crippen LogP contribution is 2.43. The Bertz CT molecular complexity index is 4470. The number of sulfonamides is 3. The zero-order valence-corrected chi connectivity index (χ0v) is 76.1. The second-order valence-corrected chi connectivity index (χ2v) is 38.5. The summed E-state index contributed by atoms with van der Waals surface area (Å²) in [5, 5.41) is 67.3. The zero-order chi connectivity index (χ0) is 89.7. The van der Waals surface area contributed by atoms with E-state index in [-0.39, 0.29) is 190 Å². The highest BCUT2D eigenvalue weighted by atomic mass is 35.5. The van der Waals surface area contributed by atoms with Crippen LogP contribution in [0.15, 0.2) is 124 Å². The Balaban J connectivity index is 0.741. The van der Waals surface area contributed by atoms with Crippen LogP contribution in [0.25, 0.3) is 0 Å². The van der Waals surface area contributed by atoms with E-state index in [0.717, 1.165) is 50.1 Å². The molecule has 6 aromatic carbocycles. The standard InChI is InChI=1S/C83H111Cl6N11O21S3/c1-98-47-66(63-40-57(84)43-72(87)69(63)50-98)54-7-4-10-60(37-54)122(110,111)94-22-28-119-34-31-116-25-19-90-77(104)13-16-83(97-82(109)93-46-75(102)80(107)81(108)76(103)53-101,17-14-78(105)91-20-26-117-32-35-120-29-23-95-123(112,113)61-11-5-8-55(38-61)67-48-99(2)51-70-64(67)41-58(85)44-73(70)88)18-15-79(106)92-21-27-118-33-36-121-30-24-96-124(114,115)62-12-6-9-56(39-62)68-49-100(3)52-71-65(68)42-59(86)45-74(71)89/h4-12,37-45,66-68,75-76,80-81,94-96,101-103,107-108H,13-36,46-53H2,1-3H3,(H,90,104)(H,91,105)(H,92,106)(H2,93,97,109)/t66-,67-,68-,75-,76+,80+,81+/m0/s1. The van der Waals surface area contributed by atoms with Crippen LogP contribution in [0.5, 0.6) is 0 Å². The lowest BCUT2D eigenvalue weighted by Gasteiger charge is -2.35. The maximum absolute atomic E-state index is 13.9. The average Bonchev–Trinajstić information content (AvgIpc) is 0.779. The van der Waals surface area contributed by atoms with E-state index in [9.17, 15) is 70.0 Å². The Morgan fingerprint density at radius 2 is 0.702 bits per heavy atom. The molecule has 7 atom stereocenters. The molecule has 0 radical (unpaired) electrons. The molecule has 0 spiro atoms. The molecular formula is C83H111Cl6N11O21S3. The minimum absolute atomic E-state index is 0.00701. The maximum Gasteiger partial charge on any atom is 0.315 e. The molecule has 5 amide bonds. The molecule has 0 fully saturated rings. The van der Waals surface area contributed by atoms with E-state index in [1.165, 1.54) is 18.2 Å². The number of carbonyl (C=O) groups excluding carboxylic acids is 4. The number of urea groups is 1. The first-order valence-electron chi connectivity index (χ1n) is 40.6. The molecule has 0 saturated heterocycles. The highest BCUT2D eigenvalue weighted by Gasteiger charge is 2.37. The van der Waals surface area contributed by atoms with Crippen molar-refractivity contribution in [1.82, 2.24) is 55.4 Å². The van der Waals surface area contributed by atoms with Gasteiger partial charge in [-0.05, 0) is 163 Å². The third-order valence-corrected chi connectivity index (χ3v) is 27.3. The summed E-state index contributed by atoms with van der Waals surface area (Å²) >= 11 is 38.9. The summed E-state index contributed by atoms with van der Waals surface area (Å²) in [5.74, 6) is -2.11. The fourth-order valence-corrected chi connectivity index (χ4v) is 19.8. The first kappa shape index (κ1) is 102. The van der Waals surface area contributed by atoms with Crippen LogP contribution in [0.1, 0.15) is 106 Å². The number of hydrogen-bond acceptors (Lipinski definition) is 24. The van der Waals surface area contributed by atoms with Gasteiger partial charge in [0.2, 0.25) is 47.8 Å². The summed E-state index contributed by atoms with van der Waals surface area (Å²) in [6.07, 6.45) is -9.22. The molecular weight excluding hydrogens is 1800 g/mol. The molecule has 0 aromatic heterocycles. The lowest BCUT2D eigenvalue weighted by molar-refractivity contribution is -0.121. The number of fused-ring (bicyclic) bond motifs is 3. The second-order valence-electron chi connectivity index (χ2n) is 30.7. The number of halogens is 6. The number of nitrogens with one attached hydrogen (secondary N) is 8. The van der Waals surface area contributed by atoms with Gasteiger partial charge in [-0.25, -0.2) is 44.2 Å². The van der Waals surface area contributed by atoms with Crippen LogP contribution in [-0.4, -0.2) is 292 Å². The van der Waals surface area contributed by atoms with Gasteiger partial charge in [0.25, 0.3) is 0 Å². The minimum atomic E-state index is -3.95. The SMILES string of the molecule is CN1Cc2c(Cl)cc(Cl)cc2[C@H](c2cccc(S(=O)(=O)NCCOCCOCCNC(=O)CCC(CCC(=O)NCCOCCOCCNS(=O)(=O)c3cccc([C@@H]4CN(C)Cc5c(Cl)cc(Cl)cc54)c3)(CCC(=O)NCCOCCOCCNS(=O)(=O)c3cccc([C@@H]4CN(C)Cc5c(Cl)cc(Cl)cc54)c3)NC(=O)NC[C@H](O)[C@@H](O)[C@H](O)[C@H](O)CO)c2)C1. The minimum Gasteiger partial charge on any atom is -0.394 e. The largest absolute Gasteiger partial charge is 0.394 e. The van der Waals surface area contributed by atoms with Gasteiger partial charge in [-0.3, -0.25) is 14.4 Å². The Morgan fingerprint density at radius 1 is 0.411 bits per heavy atom. The van der Waals surface area contributed by atoms with Crippen molar-refractivity contribution in [2.45, 2.75) is 121 Å². The van der Waals surface area contributed by atoms with Crippen LogP contribution in [0.2, 0.25) is 30.1 Å². The van der Waals surface area contributed by atoms with Crippen LogP contribution in [0.3, 0.4) is 0 Å². The highest BCUT2D eigenvalue weighted by molar-refractivity contribution is 7.90. The Labute approximate surface area is 754 Å². The smallest absolute Gasteiger partial charge is 0.315 e. The molecule has 0 bridgehead atoms. The number of benzene rings is 6. The summed E-state index contributed by atoms with van der Waals surface area (Å²) in [4.78, 5) is 61.5. The number of ether oxygens (including phenoxy) is 6. The van der Waals surface area contributed by atoms with Crippen molar-refractivity contribution in [2.24, 2.45) is 0 Å². The van der Waals surface area contributed by atoms with Crippen molar-refractivity contribution < 1.29 is 98.4 Å². The van der Waals surface area contributed by atoms with Crippen LogP contribution >= 0.6 is 69.6 Å². The topological polar surface area (TPSA) is 433 Å². The molecule has 0 unspecified atom stereocenters. The van der Waals surface area contributed by atoms with E-state index >= 15 is 0 Å². The van der Waals surface area contributed by atoms with Crippen LogP contribution in [0, 0.1) is 0 Å². The Hall–Kier alpha value is -6.09. The van der Waals surface area contributed by atoms with Crippen LogP contribution in [-0.2, 0) is 92.5 Å². The molecule has 684 valence electrons. The van der Waals surface area contributed by atoms with Crippen molar-refractivity contribution in [3.8, 4) is 0 Å². The van der Waals surface area contributed by atoms with E-state index < -0.39 is 96.9 Å². The summed E-state index contributed by atoms with van der Waals surface area (Å²) in [6.45, 7) is 2.41. The quantitative estimate of drug-likeness (QED) is 0.0200. The fraction of sp³-hybridized carbons (Fsp3) is 0.518. The fourth-order valence-electron chi connectivity index (χ4n) is 14.9. The number of rotatable bonds is 52. The van der Waals surface area contributed by atoms with Gasteiger partial charge >= 0.3 is 6.03 Å². The summed E-state index contributed by atoms with van der Waals surface area (Å²) < 4.78 is 123. The predicted octanol–water partition coefficient (Wildman–Crippen LogP) is 5.84. The van der Waals surface area contributed by atoms with Gasteiger partial charge < -0.3 is 95.2 Å². The summed E-state index contributed by atoms with van der Waals surface area (Å²) in [6, 6.07) is 29.8. The lowest BCUT2D eigenvalue weighted by Crippen LogP contribution is -2.56. The van der Waals surface area contributed by atoms with E-state index in [0.29, 0.717) is 69.4 Å².